The van der Waals surface area contributed by atoms with Crippen molar-refractivity contribution in [2.45, 2.75) is 0 Å². The Morgan fingerprint density at radius 3 is 1.58 bits per heavy atom. The predicted octanol–water partition coefficient (Wildman–Crippen LogP) is 11.4. The van der Waals surface area contributed by atoms with Gasteiger partial charge in [0, 0.05) is 33.0 Å². The van der Waals surface area contributed by atoms with Crippen LogP contribution in [0.4, 0.5) is 0 Å². The molecule has 0 fully saturated rings. The highest BCUT2D eigenvalue weighted by Gasteiger charge is 2.18. The minimum Gasteiger partial charge on any atom is -0.454 e. The number of nitrogens with zero attached hydrogens (tertiary/aromatic N) is 4. The molecule has 0 aliphatic carbocycles. The molecule has 0 unspecified atom stereocenters. The molecule has 7 aromatic carbocycles. The van der Waals surface area contributed by atoms with Gasteiger partial charge >= 0.3 is 0 Å². The second-order valence-electron chi connectivity index (χ2n) is 12.2. The van der Waals surface area contributed by atoms with Crippen LogP contribution in [0.15, 0.2) is 167 Å². The molecule has 0 bridgehead atoms. The standard InChI is InChI=1S/C44H26N4O2/c1-3-11-28(12-4-1)41-46-42(29-13-5-2-6-14-29)48-43(47-41)36-24-23-31(32-15-7-8-16-33(32)36)27-19-21-30(22-20-27)44-45-39-38(50-44)26-25-35-34-17-9-10-18-37(34)49-40(35)39/h1-26H. The molecule has 10 rings (SSSR count). The zero-order valence-corrected chi connectivity index (χ0v) is 26.6. The summed E-state index contributed by atoms with van der Waals surface area (Å²) < 4.78 is 12.4. The van der Waals surface area contributed by atoms with E-state index < -0.39 is 0 Å². The summed E-state index contributed by atoms with van der Waals surface area (Å²) in [6.45, 7) is 0. The Morgan fingerprint density at radius 1 is 0.320 bits per heavy atom. The van der Waals surface area contributed by atoms with Crippen LogP contribution in [0.1, 0.15) is 0 Å². The van der Waals surface area contributed by atoms with E-state index in [1.807, 2.05) is 91.0 Å². The first-order valence-electron chi connectivity index (χ1n) is 16.5. The summed E-state index contributed by atoms with van der Waals surface area (Å²) in [5, 5.41) is 4.27. The van der Waals surface area contributed by atoms with Crippen LogP contribution in [-0.4, -0.2) is 19.9 Å². The highest BCUT2D eigenvalue weighted by Crippen LogP contribution is 2.38. The number of rotatable bonds is 5. The van der Waals surface area contributed by atoms with Gasteiger partial charge in [-0.2, -0.15) is 0 Å². The molecule has 3 aromatic heterocycles. The molecule has 0 radical (unpaired) electrons. The quantitative estimate of drug-likeness (QED) is 0.186. The second kappa shape index (κ2) is 11.4. The van der Waals surface area contributed by atoms with E-state index in [1.54, 1.807) is 0 Å². The van der Waals surface area contributed by atoms with Crippen LogP contribution in [0.5, 0.6) is 0 Å². The van der Waals surface area contributed by atoms with Gasteiger partial charge in [0.05, 0.1) is 0 Å². The molecular weight excluding hydrogens is 617 g/mol. The van der Waals surface area contributed by atoms with Gasteiger partial charge in [0.1, 0.15) is 5.58 Å². The van der Waals surface area contributed by atoms with Crippen molar-refractivity contribution in [2.75, 3.05) is 0 Å². The van der Waals surface area contributed by atoms with Crippen molar-refractivity contribution in [1.29, 1.82) is 0 Å². The normalized spacial score (nSPS) is 11.6. The first-order valence-corrected chi connectivity index (χ1v) is 16.5. The molecule has 3 heterocycles. The summed E-state index contributed by atoms with van der Waals surface area (Å²) in [5.41, 5.74) is 8.91. The van der Waals surface area contributed by atoms with E-state index >= 15 is 0 Å². The topological polar surface area (TPSA) is 77.8 Å². The molecule has 10 aromatic rings. The summed E-state index contributed by atoms with van der Waals surface area (Å²) in [6, 6.07) is 53.2. The van der Waals surface area contributed by atoms with Crippen LogP contribution in [0.2, 0.25) is 0 Å². The van der Waals surface area contributed by atoms with Gasteiger partial charge in [0.25, 0.3) is 0 Å². The fraction of sp³-hybridized carbons (Fsp3) is 0. The first kappa shape index (κ1) is 28.1. The third-order valence-corrected chi connectivity index (χ3v) is 9.21. The summed E-state index contributed by atoms with van der Waals surface area (Å²) in [7, 11) is 0. The van der Waals surface area contributed by atoms with E-state index in [2.05, 4.69) is 66.7 Å². The summed E-state index contributed by atoms with van der Waals surface area (Å²) >= 11 is 0. The van der Waals surface area contributed by atoms with Crippen molar-refractivity contribution in [3.63, 3.8) is 0 Å². The Kier molecular flexibility index (Phi) is 6.39. The van der Waals surface area contributed by atoms with Gasteiger partial charge in [-0.15, -0.1) is 0 Å². The van der Waals surface area contributed by atoms with Crippen LogP contribution < -0.4 is 0 Å². The maximum atomic E-state index is 6.23. The maximum absolute atomic E-state index is 6.23. The Hall–Kier alpha value is -6.92. The fourth-order valence-electron chi connectivity index (χ4n) is 6.76. The number of fused-ring (bicyclic) bond motifs is 6. The minimum absolute atomic E-state index is 0.554. The van der Waals surface area contributed by atoms with E-state index in [0.717, 1.165) is 71.6 Å². The van der Waals surface area contributed by atoms with E-state index in [1.165, 1.54) is 0 Å². The van der Waals surface area contributed by atoms with E-state index in [-0.39, 0.29) is 0 Å². The lowest BCUT2D eigenvalue weighted by molar-refractivity contribution is 0.620. The molecule has 0 saturated heterocycles. The lowest BCUT2D eigenvalue weighted by Crippen LogP contribution is -2.00. The zero-order valence-electron chi connectivity index (χ0n) is 26.6. The number of aromatic nitrogens is 4. The number of furan rings is 1. The van der Waals surface area contributed by atoms with Gasteiger partial charge in [0.2, 0.25) is 5.89 Å². The molecule has 50 heavy (non-hydrogen) atoms. The summed E-state index contributed by atoms with van der Waals surface area (Å²) in [4.78, 5) is 19.8. The highest BCUT2D eigenvalue weighted by atomic mass is 16.4. The third-order valence-electron chi connectivity index (χ3n) is 9.21. The molecule has 6 nitrogen and oxygen atoms in total. The maximum Gasteiger partial charge on any atom is 0.227 e. The zero-order chi connectivity index (χ0) is 33.0. The average molecular weight is 643 g/mol. The number of benzene rings is 7. The monoisotopic (exact) mass is 642 g/mol. The molecule has 0 amide bonds. The second-order valence-corrected chi connectivity index (χ2v) is 12.2. The van der Waals surface area contributed by atoms with E-state index in [9.17, 15) is 0 Å². The van der Waals surface area contributed by atoms with Crippen molar-refractivity contribution >= 4 is 43.8 Å². The number of oxazole rings is 1. The Balaban J connectivity index is 1.05. The summed E-state index contributed by atoms with van der Waals surface area (Å²) in [6.07, 6.45) is 0. The van der Waals surface area contributed by atoms with Gasteiger partial charge in [-0.3, -0.25) is 0 Å². The molecule has 0 atom stereocenters. The SMILES string of the molecule is c1ccc(-c2nc(-c3ccccc3)nc(-c3ccc(-c4ccc(-c5nc6c(ccc7c8ccccc8oc76)o5)cc4)c4ccccc34)n2)cc1. The smallest absolute Gasteiger partial charge is 0.227 e. The molecule has 0 aliphatic rings. The molecule has 234 valence electrons. The van der Waals surface area contributed by atoms with Gasteiger partial charge in [-0.1, -0.05) is 121 Å². The molecule has 6 heteroatoms. The molecule has 0 saturated carbocycles. The molecular formula is C44H26N4O2. The number of hydrogen-bond acceptors (Lipinski definition) is 6. The number of hydrogen-bond donors (Lipinski definition) is 0. The Bertz CT molecular complexity index is 2800. The van der Waals surface area contributed by atoms with Crippen molar-refractivity contribution in [3.05, 3.63) is 158 Å². The van der Waals surface area contributed by atoms with Crippen LogP contribution in [0.3, 0.4) is 0 Å². The molecule has 0 aliphatic heterocycles. The van der Waals surface area contributed by atoms with Crippen LogP contribution in [0, 0.1) is 0 Å². The Labute approximate surface area is 286 Å². The largest absolute Gasteiger partial charge is 0.454 e. The average Bonchev–Trinajstić information content (AvgIpc) is 3.80. The van der Waals surface area contributed by atoms with Crippen LogP contribution in [-0.2, 0) is 0 Å². The lowest BCUT2D eigenvalue weighted by Gasteiger charge is -2.13. The van der Waals surface area contributed by atoms with Crippen molar-refractivity contribution in [1.82, 2.24) is 19.9 Å². The third kappa shape index (κ3) is 4.65. The van der Waals surface area contributed by atoms with Crippen molar-refractivity contribution in [2.24, 2.45) is 0 Å². The van der Waals surface area contributed by atoms with E-state index in [0.29, 0.717) is 28.9 Å². The van der Waals surface area contributed by atoms with Gasteiger partial charge in [-0.05, 0) is 58.3 Å². The van der Waals surface area contributed by atoms with Crippen LogP contribution in [0.25, 0.3) is 101 Å². The van der Waals surface area contributed by atoms with Crippen LogP contribution >= 0.6 is 0 Å². The van der Waals surface area contributed by atoms with Crippen molar-refractivity contribution in [3.8, 4) is 56.7 Å². The molecule has 0 spiro atoms. The Morgan fingerprint density at radius 2 is 0.880 bits per heavy atom. The number of para-hydroxylation sites is 1. The van der Waals surface area contributed by atoms with Gasteiger partial charge in [-0.25, -0.2) is 19.9 Å². The van der Waals surface area contributed by atoms with Gasteiger partial charge < -0.3 is 8.83 Å². The minimum atomic E-state index is 0.554. The van der Waals surface area contributed by atoms with Gasteiger partial charge in [0.15, 0.2) is 34.2 Å². The first-order chi connectivity index (χ1) is 24.8. The molecule has 0 N–H and O–H groups in total. The lowest BCUT2D eigenvalue weighted by atomic mass is 9.94. The predicted molar refractivity (Wildman–Crippen MR) is 199 cm³/mol. The highest BCUT2D eigenvalue weighted by molar-refractivity contribution is 6.13. The van der Waals surface area contributed by atoms with Crippen molar-refractivity contribution < 1.29 is 8.83 Å². The summed E-state index contributed by atoms with van der Waals surface area (Å²) in [5.74, 6) is 2.46. The fourth-order valence-corrected chi connectivity index (χ4v) is 6.76. The van der Waals surface area contributed by atoms with E-state index in [4.69, 9.17) is 28.8 Å².